The van der Waals surface area contributed by atoms with E-state index in [1.807, 2.05) is 14.0 Å². The van der Waals surface area contributed by atoms with Crippen LogP contribution in [0.1, 0.15) is 13.8 Å². The maximum Gasteiger partial charge on any atom is 0.266 e. The van der Waals surface area contributed by atoms with Crippen molar-refractivity contribution in [2.75, 3.05) is 12.8 Å². The first-order valence-corrected chi connectivity index (χ1v) is 4.89. The third kappa shape index (κ3) is 1.98. The number of hydrogen-bond acceptors (Lipinski definition) is 4. The van der Waals surface area contributed by atoms with E-state index in [1.54, 1.807) is 23.7 Å². The number of nitrogens with one attached hydrogen (secondary N) is 1. The molecule has 1 amide bonds. The fourth-order valence-electron chi connectivity index (χ4n) is 0.925. The van der Waals surface area contributed by atoms with Gasteiger partial charge in [-0.15, -0.1) is 0 Å². The molecule has 0 spiro atoms. The zero-order valence-corrected chi connectivity index (χ0v) is 8.31. The van der Waals surface area contributed by atoms with Gasteiger partial charge in [0.05, 0.1) is 0 Å². The minimum absolute atomic E-state index is 0.0935. The van der Waals surface area contributed by atoms with Crippen LogP contribution in [-0.4, -0.2) is 34.9 Å². The molecule has 0 aromatic carbocycles. The van der Waals surface area contributed by atoms with Crippen LogP contribution in [0, 0.1) is 0 Å². The Morgan fingerprint density at radius 3 is 3.00 bits per heavy atom. The topological polar surface area (TPSA) is 44.7 Å². The van der Waals surface area contributed by atoms with Gasteiger partial charge in [0.2, 0.25) is 0 Å². The van der Waals surface area contributed by atoms with Crippen molar-refractivity contribution in [1.82, 2.24) is 10.4 Å². The Bertz CT molecular complexity index is 217. The van der Waals surface area contributed by atoms with E-state index in [2.05, 4.69) is 10.4 Å². The monoisotopic (exact) mass is 187 g/mol. The molecule has 1 rings (SSSR count). The lowest BCUT2D eigenvalue weighted by Gasteiger charge is -2.28. The minimum Gasteiger partial charge on any atom is -0.289 e. The second-order valence-corrected chi connectivity index (χ2v) is 3.81. The van der Waals surface area contributed by atoms with Gasteiger partial charge >= 0.3 is 0 Å². The quantitative estimate of drug-likeness (QED) is 0.648. The zero-order valence-electron chi connectivity index (χ0n) is 7.50. The summed E-state index contributed by atoms with van der Waals surface area (Å²) in [7, 11) is 1.87. The summed E-state index contributed by atoms with van der Waals surface area (Å²) in [5, 5.41) is 2.54. The molecule has 1 unspecified atom stereocenters. The SMILES string of the molecule is CCSC1=NC(=O)C(C)NN1C. The summed E-state index contributed by atoms with van der Waals surface area (Å²) < 4.78 is 0. The molecule has 4 nitrogen and oxygen atoms in total. The first kappa shape index (κ1) is 9.54. The molecule has 0 bridgehead atoms. The maximum absolute atomic E-state index is 11.1. The van der Waals surface area contributed by atoms with Gasteiger partial charge < -0.3 is 0 Å². The normalized spacial score (nSPS) is 24.2. The van der Waals surface area contributed by atoms with Gasteiger partial charge in [-0.25, -0.2) is 5.43 Å². The van der Waals surface area contributed by atoms with Crippen LogP contribution < -0.4 is 5.43 Å². The van der Waals surface area contributed by atoms with Crippen LogP contribution in [0.4, 0.5) is 0 Å². The van der Waals surface area contributed by atoms with E-state index in [1.165, 1.54) is 0 Å². The van der Waals surface area contributed by atoms with Crippen LogP contribution >= 0.6 is 11.8 Å². The van der Waals surface area contributed by atoms with Crippen LogP contribution in [0.3, 0.4) is 0 Å². The number of hydrogen-bond donors (Lipinski definition) is 1. The highest BCUT2D eigenvalue weighted by molar-refractivity contribution is 8.13. The molecule has 1 heterocycles. The molecule has 1 N–H and O–H groups in total. The Balaban J connectivity index is 2.71. The summed E-state index contributed by atoms with van der Waals surface area (Å²) in [5.41, 5.74) is 3.00. The van der Waals surface area contributed by atoms with Gasteiger partial charge in [-0.3, -0.25) is 9.80 Å². The summed E-state index contributed by atoms with van der Waals surface area (Å²) in [4.78, 5) is 15.1. The number of carbonyl (C=O) groups is 1. The smallest absolute Gasteiger partial charge is 0.266 e. The first-order chi connectivity index (χ1) is 5.65. The van der Waals surface area contributed by atoms with Crippen LogP contribution in [0.5, 0.6) is 0 Å². The Morgan fingerprint density at radius 1 is 1.75 bits per heavy atom. The van der Waals surface area contributed by atoms with Crippen LogP contribution in [0.2, 0.25) is 0 Å². The standard InChI is InChI=1S/C7H13N3OS/c1-4-12-7-8-6(11)5(2)9-10(7)3/h5,9H,4H2,1-3H3. The van der Waals surface area contributed by atoms with Crippen LogP contribution in [0.15, 0.2) is 4.99 Å². The zero-order chi connectivity index (χ0) is 9.14. The van der Waals surface area contributed by atoms with E-state index < -0.39 is 0 Å². The highest BCUT2D eigenvalue weighted by Gasteiger charge is 2.22. The molecule has 1 atom stereocenters. The highest BCUT2D eigenvalue weighted by Crippen LogP contribution is 2.10. The second-order valence-electron chi connectivity index (χ2n) is 2.58. The number of carbonyl (C=O) groups excluding carboxylic acids is 1. The molecular weight excluding hydrogens is 174 g/mol. The number of amides is 1. The summed E-state index contributed by atoms with van der Waals surface area (Å²) in [6.45, 7) is 3.83. The number of thioether (sulfide) groups is 1. The maximum atomic E-state index is 11.1. The van der Waals surface area contributed by atoms with E-state index >= 15 is 0 Å². The van der Waals surface area contributed by atoms with E-state index in [0.29, 0.717) is 0 Å². The van der Waals surface area contributed by atoms with Gasteiger partial charge in [-0.05, 0) is 12.7 Å². The van der Waals surface area contributed by atoms with Crippen molar-refractivity contribution in [3.8, 4) is 0 Å². The molecule has 5 heteroatoms. The molecule has 1 aliphatic heterocycles. The Kier molecular flexibility index (Phi) is 3.11. The average Bonchev–Trinajstić information content (AvgIpc) is 2.01. The predicted molar refractivity (Wildman–Crippen MR) is 50.9 cm³/mol. The van der Waals surface area contributed by atoms with Crippen molar-refractivity contribution in [2.24, 2.45) is 4.99 Å². The predicted octanol–water partition coefficient (Wildman–Crippen LogP) is 0.461. The van der Waals surface area contributed by atoms with Gasteiger partial charge in [-0.2, -0.15) is 4.99 Å². The van der Waals surface area contributed by atoms with E-state index in [9.17, 15) is 4.79 Å². The van der Waals surface area contributed by atoms with Crippen molar-refractivity contribution in [3.63, 3.8) is 0 Å². The number of aliphatic imine (C=N–C) groups is 1. The van der Waals surface area contributed by atoms with Gasteiger partial charge in [0.25, 0.3) is 5.91 Å². The molecule has 0 aromatic rings. The number of amidine groups is 1. The van der Waals surface area contributed by atoms with Crippen LogP contribution in [-0.2, 0) is 4.79 Å². The fraction of sp³-hybridized carbons (Fsp3) is 0.714. The van der Waals surface area contributed by atoms with Gasteiger partial charge in [-0.1, -0.05) is 18.7 Å². The van der Waals surface area contributed by atoms with Crippen molar-refractivity contribution in [3.05, 3.63) is 0 Å². The molecular formula is C7H13N3OS. The fourth-order valence-corrected chi connectivity index (χ4v) is 1.58. The van der Waals surface area contributed by atoms with Gasteiger partial charge in [0, 0.05) is 7.05 Å². The lowest BCUT2D eigenvalue weighted by atomic mass is 10.3. The lowest BCUT2D eigenvalue weighted by molar-refractivity contribution is -0.120. The number of rotatable bonds is 1. The third-order valence-corrected chi connectivity index (χ3v) is 2.44. The van der Waals surface area contributed by atoms with Crippen molar-refractivity contribution in [1.29, 1.82) is 0 Å². The third-order valence-electron chi connectivity index (χ3n) is 1.52. The van der Waals surface area contributed by atoms with Gasteiger partial charge in [0.15, 0.2) is 5.17 Å². The molecule has 1 aliphatic rings. The largest absolute Gasteiger partial charge is 0.289 e. The summed E-state index contributed by atoms with van der Waals surface area (Å²) in [6.07, 6.45) is 0. The molecule has 0 aliphatic carbocycles. The van der Waals surface area contributed by atoms with Crippen LogP contribution in [0.25, 0.3) is 0 Å². The van der Waals surface area contributed by atoms with Crippen molar-refractivity contribution >= 4 is 22.8 Å². The summed E-state index contributed by atoms with van der Waals surface area (Å²) >= 11 is 1.56. The molecule has 0 fully saturated rings. The highest BCUT2D eigenvalue weighted by atomic mass is 32.2. The van der Waals surface area contributed by atoms with E-state index in [-0.39, 0.29) is 11.9 Å². The molecule has 12 heavy (non-hydrogen) atoms. The minimum atomic E-state index is -0.198. The molecule has 0 saturated carbocycles. The summed E-state index contributed by atoms with van der Waals surface area (Å²) in [6, 6.07) is -0.198. The van der Waals surface area contributed by atoms with E-state index in [4.69, 9.17) is 0 Å². The molecule has 0 saturated heterocycles. The average molecular weight is 187 g/mol. The number of nitrogens with zero attached hydrogens (tertiary/aromatic N) is 2. The Labute approximate surface area is 76.4 Å². The van der Waals surface area contributed by atoms with Gasteiger partial charge in [0.1, 0.15) is 6.04 Å². The van der Waals surface area contributed by atoms with Crippen molar-refractivity contribution < 1.29 is 4.79 Å². The Hall–Kier alpha value is -0.550. The first-order valence-electron chi connectivity index (χ1n) is 3.90. The lowest BCUT2D eigenvalue weighted by Crippen LogP contribution is -2.50. The molecule has 68 valence electrons. The second kappa shape index (κ2) is 3.91. The molecule has 0 aromatic heterocycles. The van der Waals surface area contributed by atoms with E-state index in [0.717, 1.165) is 10.9 Å². The number of hydrazine groups is 1. The summed E-state index contributed by atoms with van der Waals surface area (Å²) in [5.74, 6) is 0.830. The van der Waals surface area contributed by atoms with Crippen molar-refractivity contribution in [2.45, 2.75) is 19.9 Å². The molecule has 0 radical (unpaired) electrons. The Morgan fingerprint density at radius 2 is 2.42 bits per heavy atom.